The van der Waals surface area contributed by atoms with Crippen molar-refractivity contribution in [1.82, 2.24) is 15.2 Å². The Kier molecular flexibility index (Phi) is 7.69. The van der Waals surface area contributed by atoms with Crippen LogP contribution in [0.25, 0.3) is 10.9 Å². The minimum absolute atomic E-state index is 0. The maximum atomic E-state index is 12.7. The first-order valence-electron chi connectivity index (χ1n) is 7.70. The lowest BCUT2D eigenvalue weighted by molar-refractivity contribution is 0.0751. The predicted octanol–water partition coefficient (Wildman–Crippen LogP) is 3.72. The van der Waals surface area contributed by atoms with Crippen molar-refractivity contribution in [2.24, 2.45) is 0 Å². The third-order valence-electron chi connectivity index (χ3n) is 3.94. The lowest BCUT2D eigenvalue weighted by Gasteiger charge is -2.21. The van der Waals surface area contributed by atoms with Gasteiger partial charge < -0.3 is 10.2 Å². The minimum atomic E-state index is 0. The molecule has 1 aliphatic heterocycles. The number of amides is 1. The van der Waals surface area contributed by atoms with Crippen molar-refractivity contribution < 1.29 is 4.79 Å². The zero-order valence-corrected chi connectivity index (χ0v) is 12.2. The topological polar surface area (TPSA) is 45.2 Å². The van der Waals surface area contributed by atoms with Crippen molar-refractivity contribution in [3.63, 3.8) is 0 Å². The van der Waals surface area contributed by atoms with Gasteiger partial charge in [-0.3, -0.25) is 4.79 Å². The molecule has 1 aromatic carbocycles. The van der Waals surface area contributed by atoms with Gasteiger partial charge in [-0.05, 0) is 31.5 Å². The molecule has 0 spiro atoms. The second kappa shape index (κ2) is 9.26. The van der Waals surface area contributed by atoms with E-state index in [1.165, 1.54) is 12.8 Å². The zero-order chi connectivity index (χ0) is 14.5. The molecule has 23 heavy (non-hydrogen) atoms. The van der Waals surface area contributed by atoms with Crippen LogP contribution in [0.4, 0.5) is 0 Å². The van der Waals surface area contributed by atoms with E-state index in [-0.39, 0.29) is 20.8 Å². The van der Waals surface area contributed by atoms with Gasteiger partial charge in [-0.25, -0.2) is 4.98 Å². The first-order valence-corrected chi connectivity index (χ1v) is 7.70. The maximum Gasteiger partial charge on any atom is 0.272 e. The van der Waals surface area contributed by atoms with Crippen LogP contribution in [0.15, 0.2) is 36.4 Å². The summed E-state index contributed by atoms with van der Waals surface area (Å²) in [5.41, 5.74) is 1.43. The van der Waals surface area contributed by atoms with E-state index in [2.05, 4.69) is 10.3 Å². The summed E-state index contributed by atoms with van der Waals surface area (Å²) in [4.78, 5) is 19.1. The fourth-order valence-corrected chi connectivity index (χ4v) is 2.73. The van der Waals surface area contributed by atoms with Crippen LogP contribution in [0.3, 0.4) is 0 Å². The maximum absolute atomic E-state index is 12.7. The van der Waals surface area contributed by atoms with Crippen molar-refractivity contribution in [2.75, 3.05) is 26.2 Å². The normalized spacial score (nSPS) is 15.6. The lowest BCUT2D eigenvalue weighted by atomic mass is 10.2. The molecule has 0 bridgehead atoms. The van der Waals surface area contributed by atoms with E-state index in [1.54, 1.807) is 0 Å². The van der Waals surface area contributed by atoms with Gasteiger partial charge in [-0.2, -0.15) is 0 Å². The van der Waals surface area contributed by atoms with Crippen molar-refractivity contribution in [3.8, 4) is 0 Å². The number of hydrogen-bond acceptors (Lipinski definition) is 3. The monoisotopic (exact) mass is 315 g/mol. The molecule has 1 amide bonds. The van der Waals surface area contributed by atoms with Crippen LogP contribution in [0, 0.1) is 0 Å². The molecule has 0 atom stereocenters. The smallest absolute Gasteiger partial charge is 0.272 e. The van der Waals surface area contributed by atoms with E-state index in [4.69, 9.17) is 0 Å². The van der Waals surface area contributed by atoms with Gasteiger partial charge in [-0.1, -0.05) is 45.5 Å². The summed E-state index contributed by atoms with van der Waals surface area (Å²) in [5, 5.41) is 4.45. The van der Waals surface area contributed by atoms with Gasteiger partial charge in [0.25, 0.3) is 5.91 Å². The molecule has 1 aromatic heterocycles. The van der Waals surface area contributed by atoms with Gasteiger partial charge in [0.15, 0.2) is 0 Å². The molecular formula is C19H29N3O. The van der Waals surface area contributed by atoms with Gasteiger partial charge >= 0.3 is 0 Å². The zero-order valence-electron chi connectivity index (χ0n) is 12.2. The second-order valence-electron chi connectivity index (χ2n) is 5.49. The predicted molar refractivity (Wildman–Crippen MR) is 97.8 cm³/mol. The average molecular weight is 315 g/mol. The highest BCUT2D eigenvalue weighted by molar-refractivity contribution is 5.94. The van der Waals surface area contributed by atoms with Gasteiger partial charge in [0.05, 0.1) is 5.52 Å². The average Bonchev–Trinajstić information content (AvgIpc) is 2.67. The van der Waals surface area contributed by atoms with Crippen LogP contribution < -0.4 is 5.32 Å². The van der Waals surface area contributed by atoms with Crippen LogP contribution in [-0.2, 0) is 0 Å². The first kappa shape index (κ1) is 19.1. The molecule has 0 radical (unpaired) electrons. The fraction of sp³-hybridized carbons (Fsp3) is 0.474. The summed E-state index contributed by atoms with van der Waals surface area (Å²) in [6.45, 7) is 3.50. The van der Waals surface area contributed by atoms with E-state index in [9.17, 15) is 4.79 Å². The minimum Gasteiger partial charge on any atom is -0.336 e. The molecular weight excluding hydrogens is 286 g/mol. The van der Waals surface area contributed by atoms with Crippen molar-refractivity contribution >= 4 is 16.8 Å². The number of hydrogen-bond donors (Lipinski definition) is 1. The van der Waals surface area contributed by atoms with Crippen molar-refractivity contribution in [2.45, 2.75) is 34.1 Å². The molecule has 0 saturated carbocycles. The Bertz CT molecular complexity index is 617. The van der Waals surface area contributed by atoms with Gasteiger partial charge in [0.1, 0.15) is 5.69 Å². The highest BCUT2D eigenvalue weighted by Crippen LogP contribution is 2.13. The summed E-state index contributed by atoms with van der Waals surface area (Å²) in [6.07, 6.45) is 3.43. The Hall–Kier alpha value is -1.94. The molecule has 3 rings (SSSR count). The number of pyridine rings is 1. The number of nitrogens with one attached hydrogen (secondary N) is 1. The highest BCUT2D eigenvalue weighted by Gasteiger charge is 2.17. The SMILES string of the molecule is C.C.O=C(c1ccc2ccccc2n1)N1CCCCCNCC1. The van der Waals surface area contributed by atoms with E-state index < -0.39 is 0 Å². The number of carbonyl (C=O) groups is 1. The Labute approximate surface area is 139 Å². The van der Waals surface area contributed by atoms with Gasteiger partial charge in [-0.15, -0.1) is 0 Å². The number of nitrogens with zero attached hydrogens (tertiary/aromatic N) is 2. The Balaban J connectivity index is 0.00000132. The molecule has 1 aliphatic rings. The third kappa shape index (κ3) is 4.76. The molecule has 1 N–H and O–H groups in total. The Morgan fingerprint density at radius 2 is 1.78 bits per heavy atom. The molecule has 0 aliphatic carbocycles. The quantitative estimate of drug-likeness (QED) is 0.872. The molecule has 2 heterocycles. The van der Waals surface area contributed by atoms with Crippen LogP contribution in [0.1, 0.15) is 44.6 Å². The largest absolute Gasteiger partial charge is 0.336 e. The number of rotatable bonds is 1. The molecule has 126 valence electrons. The summed E-state index contributed by atoms with van der Waals surface area (Å²) in [7, 11) is 0. The van der Waals surface area contributed by atoms with E-state index in [0.29, 0.717) is 5.69 Å². The number of aromatic nitrogens is 1. The summed E-state index contributed by atoms with van der Waals surface area (Å²) in [6, 6.07) is 11.7. The van der Waals surface area contributed by atoms with E-state index in [0.717, 1.165) is 43.5 Å². The highest BCUT2D eigenvalue weighted by atomic mass is 16.2. The van der Waals surface area contributed by atoms with Crippen LogP contribution in [0.5, 0.6) is 0 Å². The number of carbonyl (C=O) groups excluding carboxylic acids is 1. The number of fused-ring (bicyclic) bond motifs is 1. The van der Waals surface area contributed by atoms with E-state index in [1.807, 2.05) is 41.3 Å². The van der Waals surface area contributed by atoms with Crippen LogP contribution >= 0.6 is 0 Å². The molecule has 4 nitrogen and oxygen atoms in total. The lowest BCUT2D eigenvalue weighted by Crippen LogP contribution is -2.37. The number of para-hydroxylation sites is 1. The Morgan fingerprint density at radius 1 is 0.957 bits per heavy atom. The second-order valence-corrected chi connectivity index (χ2v) is 5.49. The molecule has 4 heteroatoms. The number of benzene rings is 1. The first-order chi connectivity index (χ1) is 10.3. The molecule has 0 unspecified atom stereocenters. The summed E-state index contributed by atoms with van der Waals surface area (Å²) in [5.74, 6) is 0.0458. The molecule has 1 saturated heterocycles. The molecule has 1 fully saturated rings. The standard InChI is InChI=1S/C17H21N3O.2CH4/c21-17(20-12-5-1-4-10-18-11-13-20)16-9-8-14-6-2-3-7-15(14)19-16;;/h2-3,6-9,18H,1,4-5,10-13H2;2*1H4. The fourth-order valence-electron chi connectivity index (χ4n) is 2.73. The van der Waals surface area contributed by atoms with Crippen molar-refractivity contribution in [1.29, 1.82) is 0 Å². The van der Waals surface area contributed by atoms with Crippen molar-refractivity contribution in [3.05, 3.63) is 42.1 Å². The van der Waals surface area contributed by atoms with E-state index >= 15 is 0 Å². The van der Waals surface area contributed by atoms with Crippen LogP contribution in [-0.4, -0.2) is 42.0 Å². The van der Waals surface area contributed by atoms with Gasteiger partial charge in [0, 0.05) is 25.0 Å². The third-order valence-corrected chi connectivity index (χ3v) is 3.94. The van der Waals surface area contributed by atoms with Gasteiger partial charge in [0.2, 0.25) is 0 Å². The summed E-state index contributed by atoms with van der Waals surface area (Å²) >= 11 is 0. The Morgan fingerprint density at radius 3 is 2.65 bits per heavy atom. The molecule has 2 aromatic rings. The van der Waals surface area contributed by atoms with Crippen LogP contribution in [0.2, 0.25) is 0 Å². The summed E-state index contributed by atoms with van der Waals surface area (Å²) < 4.78 is 0.